The van der Waals surface area contributed by atoms with Crippen molar-refractivity contribution in [1.29, 1.82) is 5.26 Å². The summed E-state index contributed by atoms with van der Waals surface area (Å²) < 4.78 is 6.45. The largest absolute Gasteiger partial charge is 0.363 e. The molecule has 0 N–H and O–H groups in total. The van der Waals surface area contributed by atoms with Crippen LogP contribution in [-0.4, -0.2) is 4.98 Å². The highest BCUT2D eigenvalue weighted by atomic mass is 32.1. The van der Waals surface area contributed by atoms with E-state index in [1.54, 1.807) is 11.3 Å². The minimum Gasteiger partial charge on any atom is -0.363 e. The van der Waals surface area contributed by atoms with E-state index < -0.39 is 0 Å². The van der Waals surface area contributed by atoms with Crippen molar-refractivity contribution < 1.29 is 4.74 Å². The van der Waals surface area contributed by atoms with Gasteiger partial charge >= 0.3 is 0 Å². The quantitative estimate of drug-likeness (QED) is 0.269. The lowest BCUT2D eigenvalue weighted by Gasteiger charge is -2.19. The Kier molecular flexibility index (Phi) is 5.43. The van der Waals surface area contributed by atoms with Crippen molar-refractivity contribution in [3.63, 3.8) is 0 Å². The summed E-state index contributed by atoms with van der Waals surface area (Å²) in [5.74, 6) is 0. The van der Waals surface area contributed by atoms with Crippen LogP contribution >= 0.6 is 11.3 Å². The molecule has 4 aromatic carbocycles. The summed E-state index contributed by atoms with van der Waals surface area (Å²) in [6.07, 6.45) is 3.79. The van der Waals surface area contributed by atoms with Crippen LogP contribution < -0.4 is 0 Å². The fraction of sp³-hybridized carbons (Fsp3) is 0.133. The fourth-order valence-electron chi connectivity index (χ4n) is 4.98. The van der Waals surface area contributed by atoms with Gasteiger partial charge in [0.2, 0.25) is 0 Å². The highest BCUT2D eigenvalue weighted by Gasteiger charge is 2.21. The molecule has 0 saturated carbocycles. The van der Waals surface area contributed by atoms with Gasteiger partial charge in [-0.1, -0.05) is 66.7 Å². The molecule has 1 unspecified atom stereocenters. The Morgan fingerprint density at radius 2 is 1.76 bits per heavy atom. The fourth-order valence-corrected chi connectivity index (χ4v) is 5.67. The lowest BCUT2D eigenvalue weighted by atomic mass is 9.91. The van der Waals surface area contributed by atoms with Gasteiger partial charge in [0.1, 0.15) is 6.10 Å². The average Bonchev–Trinajstić information content (AvgIpc) is 3.57. The van der Waals surface area contributed by atoms with Gasteiger partial charge in [0.05, 0.1) is 28.6 Å². The SMILES string of the molecule is N#Cc1ccc(C(OCc2ccccc2)c2cncs2)cc1-c1ccc2c3c(cccc13)CC2. The van der Waals surface area contributed by atoms with Crippen LogP contribution in [0.5, 0.6) is 0 Å². The standard InChI is InChI=1S/C30H22N2OS/c31-16-24-12-11-23(30(28-17-32-19-34-28)33-18-20-5-2-1-3-6-20)15-27(24)25-14-13-22-10-9-21-7-4-8-26(25)29(21)22/h1-8,11-15,17,19,30H,9-10,18H2. The third-order valence-corrected chi connectivity index (χ3v) is 7.42. The molecule has 3 nitrogen and oxygen atoms in total. The Morgan fingerprint density at radius 3 is 2.56 bits per heavy atom. The van der Waals surface area contributed by atoms with Crippen LogP contribution in [0.4, 0.5) is 0 Å². The predicted molar refractivity (Wildman–Crippen MR) is 137 cm³/mol. The van der Waals surface area contributed by atoms with Gasteiger partial charge in [0.25, 0.3) is 0 Å². The van der Waals surface area contributed by atoms with Crippen LogP contribution in [0, 0.1) is 11.3 Å². The smallest absolute Gasteiger partial charge is 0.119 e. The van der Waals surface area contributed by atoms with Crippen molar-refractivity contribution >= 4 is 22.1 Å². The van der Waals surface area contributed by atoms with Gasteiger partial charge in [0, 0.05) is 11.8 Å². The zero-order chi connectivity index (χ0) is 22.9. The Labute approximate surface area is 202 Å². The minimum absolute atomic E-state index is 0.254. The first-order valence-corrected chi connectivity index (χ1v) is 12.3. The van der Waals surface area contributed by atoms with Crippen molar-refractivity contribution in [3.8, 4) is 17.2 Å². The summed E-state index contributed by atoms with van der Waals surface area (Å²) in [5.41, 5.74) is 9.52. The monoisotopic (exact) mass is 458 g/mol. The highest BCUT2D eigenvalue weighted by Crippen LogP contribution is 2.40. The van der Waals surface area contributed by atoms with E-state index in [1.165, 1.54) is 21.9 Å². The molecule has 1 heterocycles. The van der Waals surface area contributed by atoms with Crippen molar-refractivity contribution in [2.24, 2.45) is 0 Å². The second-order valence-electron chi connectivity index (χ2n) is 8.61. The number of aromatic nitrogens is 1. The molecule has 1 aliphatic carbocycles. The highest BCUT2D eigenvalue weighted by molar-refractivity contribution is 7.09. The number of nitriles is 1. The van der Waals surface area contributed by atoms with Gasteiger partial charge in [-0.25, -0.2) is 0 Å². The van der Waals surface area contributed by atoms with E-state index in [9.17, 15) is 5.26 Å². The Hall–Kier alpha value is -3.78. The van der Waals surface area contributed by atoms with E-state index in [2.05, 4.69) is 59.6 Å². The summed E-state index contributed by atoms with van der Waals surface area (Å²) >= 11 is 1.59. The van der Waals surface area contributed by atoms with E-state index in [1.807, 2.05) is 42.0 Å². The normalized spacial score (nSPS) is 13.1. The Morgan fingerprint density at radius 1 is 0.912 bits per heavy atom. The topological polar surface area (TPSA) is 45.9 Å². The molecule has 0 spiro atoms. The van der Waals surface area contributed by atoms with Gasteiger partial charge < -0.3 is 4.74 Å². The molecule has 34 heavy (non-hydrogen) atoms. The van der Waals surface area contributed by atoms with Gasteiger partial charge in [-0.2, -0.15) is 5.26 Å². The minimum atomic E-state index is -0.254. The number of ether oxygens (including phenoxy) is 1. The lowest BCUT2D eigenvalue weighted by Crippen LogP contribution is -2.06. The van der Waals surface area contributed by atoms with Crippen LogP contribution in [-0.2, 0) is 24.2 Å². The van der Waals surface area contributed by atoms with Crippen LogP contribution in [0.2, 0.25) is 0 Å². The van der Waals surface area contributed by atoms with Gasteiger partial charge in [0.15, 0.2) is 0 Å². The number of thiazole rings is 1. The maximum Gasteiger partial charge on any atom is 0.119 e. The van der Waals surface area contributed by atoms with E-state index in [0.29, 0.717) is 12.2 Å². The van der Waals surface area contributed by atoms with Gasteiger partial charge in [-0.15, -0.1) is 11.3 Å². The molecule has 0 aliphatic heterocycles. The number of aryl methyl sites for hydroxylation is 2. The van der Waals surface area contributed by atoms with E-state index in [-0.39, 0.29) is 6.10 Å². The molecule has 0 fully saturated rings. The molecule has 164 valence electrons. The predicted octanol–water partition coefficient (Wildman–Crippen LogP) is 7.24. The maximum atomic E-state index is 9.95. The molecule has 1 atom stereocenters. The van der Waals surface area contributed by atoms with Gasteiger partial charge in [-0.05, 0) is 63.6 Å². The van der Waals surface area contributed by atoms with Crippen LogP contribution in [0.15, 0.2) is 90.6 Å². The molecular formula is C30H22N2OS. The number of benzene rings is 4. The van der Waals surface area contributed by atoms with Gasteiger partial charge in [-0.3, -0.25) is 4.98 Å². The van der Waals surface area contributed by atoms with Crippen LogP contribution in [0.1, 0.15) is 38.8 Å². The molecular weight excluding hydrogens is 436 g/mol. The Bertz CT molecular complexity index is 1510. The zero-order valence-corrected chi connectivity index (χ0v) is 19.4. The third kappa shape index (κ3) is 3.70. The van der Waals surface area contributed by atoms with Crippen molar-refractivity contribution in [3.05, 3.63) is 123 Å². The third-order valence-electron chi connectivity index (χ3n) is 6.60. The average molecular weight is 459 g/mol. The summed E-state index contributed by atoms with van der Waals surface area (Å²) in [4.78, 5) is 5.34. The molecule has 5 aromatic rings. The first-order valence-electron chi connectivity index (χ1n) is 11.4. The Balaban J connectivity index is 1.46. The number of rotatable bonds is 6. The zero-order valence-electron chi connectivity index (χ0n) is 18.6. The summed E-state index contributed by atoms with van der Waals surface area (Å²) in [7, 11) is 0. The second kappa shape index (κ2) is 8.87. The maximum absolute atomic E-state index is 9.95. The molecule has 0 bridgehead atoms. The molecule has 1 aliphatic rings. The number of nitrogens with zero attached hydrogens (tertiary/aromatic N) is 2. The van der Waals surface area contributed by atoms with E-state index >= 15 is 0 Å². The molecule has 4 heteroatoms. The lowest BCUT2D eigenvalue weighted by molar-refractivity contribution is 0.0689. The first kappa shape index (κ1) is 20.8. The molecule has 0 saturated heterocycles. The van der Waals surface area contributed by atoms with Crippen molar-refractivity contribution in [2.45, 2.75) is 25.6 Å². The van der Waals surface area contributed by atoms with E-state index in [0.717, 1.165) is 40.0 Å². The first-order chi connectivity index (χ1) is 16.8. The van der Waals surface area contributed by atoms with Crippen molar-refractivity contribution in [2.75, 3.05) is 0 Å². The molecule has 1 aromatic heterocycles. The number of hydrogen-bond donors (Lipinski definition) is 0. The van der Waals surface area contributed by atoms with Crippen LogP contribution in [0.3, 0.4) is 0 Å². The van der Waals surface area contributed by atoms with Crippen LogP contribution in [0.25, 0.3) is 21.9 Å². The summed E-state index contributed by atoms with van der Waals surface area (Å²) in [6, 6.07) is 29.6. The number of hydrogen-bond acceptors (Lipinski definition) is 4. The van der Waals surface area contributed by atoms with Crippen molar-refractivity contribution in [1.82, 2.24) is 4.98 Å². The molecule has 0 radical (unpaired) electrons. The molecule has 0 amide bonds. The summed E-state index contributed by atoms with van der Waals surface area (Å²) in [6.45, 7) is 0.500. The summed E-state index contributed by atoms with van der Waals surface area (Å²) in [5, 5.41) is 12.5. The molecule has 6 rings (SSSR count). The van der Waals surface area contributed by atoms with E-state index in [4.69, 9.17) is 4.74 Å². The second-order valence-corrected chi connectivity index (χ2v) is 9.53.